The van der Waals surface area contributed by atoms with Crippen LogP contribution < -0.4 is 0 Å². The Morgan fingerprint density at radius 2 is 1.29 bits per heavy atom. The van der Waals surface area contributed by atoms with E-state index >= 15 is 0 Å². The van der Waals surface area contributed by atoms with E-state index in [2.05, 4.69) is 37.7 Å². The molecule has 1 aliphatic heterocycles. The Hall–Kier alpha value is 0.517. The first kappa shape index (κ1) is 14.5. The molecule has 2 nitrogen and oxygen atoms in total. The topological polar surface area (TPSA) is 6.48 Å². The van der Waals surface area contributed by atoms with Gasteiger partial charge in [0.25, 0.3) is 0 Å². The Kier molecular flexibility index (Phi) is 7.16. The summed E-state index contributed by atoms with van der Waals surface area (Å²) in [5, 5.41) is 5.07. The minimum absolute atomic E-state index is 0. The molecule has 0 aromatic heterocycles. The first-order valence-electron chi connectivity index (χ1n) is 5.66. The molecule has 14 heavy (non-hydrogen) atoms. The summed E-state index contributed by atoms with van der Waals surface area (Å²) in [6.45, 7) is 11.7. The minimum atomic E-state index is 0. The molecule has 0 atom stereocenters. The molecular weight excluding hydrogens is 167 g/mol. The number of hydrogen-bond donors (Lipinski definition) is 0. The number of hydrazine groups is 1. The summed E-state index contributed by atoms with van der Waals surface area (Å²) in [7, 11) is 0. The van der Waals surface area contributed by atoms with Gasteiger partial charge in [0, 0.05) is 25.2 Å². The second-order valence-corrected chi connectivity index (χ2v) is 4.58. The molecule has 0 aliphatic carbocycles. The Bertz CT molecular complexity index is 134. The summed E-state index contributed by atoms with van der Waals surface area (Å²) in [4.78, 5) is 0. The van der Waals surface area contributed by atoms with E-state index in [4.69, 9.17) is 0 Å². The standard InChI is InChI=1S/C11H24N2.Li.H/c1-10(2)13(11(3)4)12-8-6-5-7-9-12;;/h10-11H,5-9H2,1-4H3;;. The Morgan fingerprint density at radius 3 is 1.64 bits per heavy atom. The van der Waals surface area contributed by atoms with E-state index < -0.39 is 0 Å². The van der Waals surface area contributed by atoms with Gasteiger partial charge in [-0.15, -0.1) is 0 Å². The predicted octanol–water partition coefficient (Wildman–Crippen LogP) is 1.86. The summed E-state index contributed by atoms with van der Waals surface area (Å²) in [6.07, 6.45) is 4.16. The molecule has 0 saturated carbocycles. The first-order chi connectivity index (χ1) is 6.13. The van der Waals surface area contributed by atoms with Gasteiger partial charge in [-0.05, 0) is 40.5 Å². The fourth-order valence-corrected chi connectivity index (χ4v) is 2.36. The van der Waals surface area contributed by atoms with E-state index in [1.165, 1.54) is 32.4 Å². The summed E-state index contributed by atoms with van der Waals surface area (Å²) in [6, 6.07) is 1.27. The van der Waals surface area contributed by atoms with E-state index in [1.54, 1.807) is 0 Å². The molecule has 0 spiro atoms. The van der Waals surface area contributed by atoms with Gasteiger partial charge in [-0.1, -0.05) is 6.42 Å². The first-order valence-corrected chi connectivity index (χ1v) is 5.66. The van der Waals surface area contributed by atoms with Crippen molar-refractivity contribution in [2.75, 3.05) is 13.1 Å². The van der Waals surface area contributed by atoms with E-state index in [0.717, 1.165) is 0 Å². The van der Waals surface area contributed by atoms with Crippen molar-refractivity contribution in [2.24, 2.45) is 0 Å². The van der Waals surface area contributed by atoms with Crippen LogP contribution in [0, 0.1) is 0 Å². The van der Waals surface area contributed by atoms with E-state index in [-0.39, 0.29) is 18.9 Å². The molecule has 0 aromatic rings. The molecule has 0 N–H and O–H groups in total. The van der Waals surface area contributed by atoms with Crippen LogP contribution in [0.2, 0.25) is 0 Å². The van der Waals surface area contributed by atoms with Gasteiger partial charge in [0.1, 0.15) is 0 Å². The third kappa shape index (κ3) is 3.94. The van der Waals surface area contributed by atoms with Gasteiger partial charge in [0.15, 0.2) is 0 Å². The Balaban J connectivity index is 0.00000169. The predicted molar refractivity (Wildman–Crippen MR) is 64.7 cm³/mol. The maximum atomic E-state index is 2.54. The maximum absolute atomic E-state index is 2.54. The van der Waals surface area contributed by atoms with Crippen LogP contribution in [0.15, 0.2) is 0 Å². The van der Waals surface area contributed by atoms with Crippen LogP contribution in [0.4, 0.5) is 0 Å². The number of rotatable bonds is 3. The second-order valence-electron chi connectivity index (χ2n) is 4.58. The van der Waals surface area contributed by atoms with Crippen LogP contribution in [-0.4, -0.2) is 54.1 Å². The van der Waals surface area contributed by atoms with Gasteiger partial charge < -0.3 is 0 Å². The van der Waals surface area contributed by atoms with Crippen molar-refractivity contribution in [3.63, 3.8) is 0 Å². The molecule has 1 fully saturated rings. The van der Waals surface area contributed by atoms with E-state index in [1.807, 2.05) is 0 Å². The molecule has 80 valence electrons. The molecule has 1 heterocycles. The zero-order valence-corrected chi connectivity index (χ0v) is 9.58. The molecule has 0 aromatic carbocycles. The van der Waals surface area contributed by atoms with Crippen molar-refractivity contribution >= 4 is 18.9 Å². The average molecular weight is 192 g/mol. The monoisotopic (exact) mass is 192 g/mol. The fraction of sp³-hybridized carbons (Fsp3) is 1.00. The summed E-state index contributed by atoms with van der Waals surface area (Å²) >= 11 is 0. The normalized spacial score (nSPS) is 19.1. The van der Waals surface area contributed by atoms with Gasteiger partial charge in [0.2, 0.25) is 0 Å². The summed E-state index contributed by atoms with van der Waals surface area (Å²) in [5.74, 6) is 0. The van der Waals surface area contributed by atoms with Crippen LogP contribution in [0.1, 0.15) is 47.0 Å². The van der Waals surface area contributed by atoms with E-state index in [0.29, 0.717) is 12.1 Å². The van der Waals surface area contributed by atoms with Crippen LogP contribution in [0.3, 0.4) is 0 Å². The van der Waals surface area contributed by atoms with Crippen LogP contribution in [0.5, 0.6) is 0 Å². The summed E-state index contributed by atoms with van der Waals surface area (Å²) < 4.78 is 0. The average Bonchev–Trinajstić information content (AvgIpc) is 2.04. The van der Waals surface area contributed by atoms with Gasteiger partial charge in [-0.3, -0.25) is 0 Å². The molecule has 0 amide bonds. The second kappa shape index (κ2) is 6.90. The molecular formula is C11H25LiN2. The van der Waals surface area contributed by atoms with Crippen LogP contribution >= 0.6 is 0 Å². The quantitative estimate of drug-likeness (QED) is 0.630. The zero-order chi connectivity index (χ0) is 9.84. The van der Waals surface area contributed by atoms with Crippen molar-refractivity contribution in [3.8, 4) is 0 Å². The molecule has 1 rings (SSSR count). The number of piperidine rings is 1. The third-order valence-corrected chi connectivity index (χ3v) is 2.72. The number of nitrogens with zero attached hydrogens (tertiary/aromatic N) is 2. The molecule has 0 radical (unpaired) electrons. The Morgan fingerprint density at radius 1 is 0.857 bits per heavy atom. The number of hydrogen-bond acceptors (Lipinski definition) is 2. The van der Waals surface area contributed by atoms with Crippen molar-refractivity contribution < 1.29 is 0 Å². The molecule has 0 bridgehead atoms. The fourth-order valence-electron chi connectivity index (χ4n) is 2.36. The molecule has 0 unspecified atom stereocenters. The van der Waals surface area contributed by atoms with Gasteiger partial charge in [-0.2, -0.15) is 0 Å². The van der Waals surface area contributed by atoms with Crippen molar-refractivity contribution in [3.05, 3.63) is 0 Å². The van der Waals surface area contributed by atoms with Gasteiger partial charge in [-0.25, -0.2) is 10.0 Å². The van der Waals surface area contributed by atoms with E-state index in [9.17, 15) is 0 Å². The van der Waals surface area contributed by atoms with Gasteiger partial charge >= 0.3 is 18.9 Å². The molecule has 1 aliphatic rings. The summed E-state index contributed by atoms with van der Waals surface area (Å²) in [5.41, 5.74) is 0. The van der Waals surface area contributed by atoms with Crippen molar-refractivity contribution in [1.29, 1.82) is 0 Å². The SMILES string of the molecule is CC(C)N(C(C)C)N1CCCCC1.[LiH]. The Labute approximate surface area is 101 Å². The third-order valence-electron chi connectivity index (χ3n) is 2.72. The van der Waals surface area contributed by atoms with Crippen LogP contribution in [-0.2, 0) is 0 Å². The zero-order valence-electron chi connectivity index (χ0n) is 9.58. The van der Waals surface area contributed by atoms with Crippen molar-refractivity contribution in [1.82, 2.24) is 10.0 Å². The van der Waals surface area contributed by atoms with Crippen LogP contribution in [0.25, 0.3) is 0 Å². The van der Waals surface area contributed by atoms with Gasteiger partial charge in [0.05, 0.1) is 0 Å². The van der Waals surface area contributed by atoms with Crippen molar-refractivity contribution in [2.45, 2.75) is 59.0 Å². The molecule has 3 heteroatoms. The molecule has 1 saturated heterocycles.